The summed E-state index contributed by atoms with van der Waals surface area (Å²) in [6.07, 6.45) is 0.767. The first-order valence-corrected chi connectivity index (χ1v) is 4.46. The van der Waals surface area contributed by atoms with E-state index in [0.717, 1.165) is 26.1 Å². The lowest BCUT2D eigenvalue weighted by molar-refractivity contribution is -0.0899. The van der Waals surface area contributed by atoms with Crippen LogP contribution in [0.15, 0.2) is 0 Å². The third-order valence-electron chi connectivity index (χ3n) is 2.17. The molecule has 1 aliphatic rings. The van der Waals surface area contributed by atoms with Gasteiger partial charge in [-0.2, -0.15) is 0 Å². The van der Waals surface area contributed by atoms with Gasteiger partial charge in [-0.25, -0.2) is 0 Å². The van der Waals surface area contributed by atoms with E-state index in [2.05, 4.69) is 4.90 Å². The third kappa shape index (κ3) is 3.09. The molecule has 3 nitrogen and oxygen atoms in total. The molecule has 2 N–H and O–H groups in total. The predicted octanol–water partition coefficient (Wildman–Crippen LogP) is 0.214. The quantitative estimate of drug-likeness (QED) is 0.641. The number of nitrogens with zero attached hydrogens (tertiary/aromatic N) is 1. The van der Waals surface area contributed by atoms with Crippen LogP contribution >= 0.6 is 0 Å². The lowest BCUT2D eigenvalue weighted by Gasteiger charge is -2.44. The van der Waals surface area contributed by atoms with E-state index < -0.39 is 11.2 Å². The Morgan fingerprint density at radius 1 is 1.42 bits per heavy atom. The summed E-state index contributed by atoms with van der Waals surface area (Å²) < 4.78 is 0. The SMILES string of the molecule is CC(C)(O)CCN1CC(C)(O)C1. The molecule has 1 heterocycles. The van der Waals surface area contributed by atoms with Crippen LogP contribution in [0.25, 0.3) is 0 Å². The van der Waals surface area contributed by atoms with Crippen molar-refractivity contribution in [2.45, 2.75) is 38.4 Å². The van der Waals surface area contributed by atoms with E-state index in [0.29, 0.717) is 0 Å². The Hall–Kier alpha value is -0.120. The van der Waals surface area contributed by atoms with Gasteiger partial charge in [0.25, 0.3) is 0 Å². The second-order valence-electron chi connectivity index (χ2n) is 4.77. The molecule has 0 aliphatic carbocycles. The minimum absolute atomic E-state index is 0.487. The summed E-state index contributed by atoms with van der Waals surface area (Å²) in [5.74, 6) is 0. The Morgan fingerprint density at radius 2 is 1.92 bits per heavy atom. The minimum atomic E-state index is -0.582. The maximum Gasteiger partial charge on any atom is 0.0872 e. The molecule has 0 aromatic heterocycles. The fourth-order valence-corrected chi connectivity index (χ4v) is 1.51. The van der Waals surface area contributed by atoms with Gasteiger partial charge in [-0.15, -0.1) is 0 Å². The Kier molecular flexibility index (Phi) is 2.47. The topological polar surface area (TPSA) is 43.7 Å². The van der Waals surface area contributed by atoms with E-state index in [1.165, 1.54) is 0 Å². The zero-order chi connectivity index (χ0) is 9.41. The second kappa shape index (κ2) is 2.98. The van der Waals surface area contributed by atoms with Crippen LogP contribution in [0.4, 0.5) is 0 Å². The largest absolute Gasteiger partial charge is 0.390 e. The van der Waals surface area contributed by atoms with Crippen LogP contribution in [-0.2, 0) is 0 Å². The van der Waals surface area contributed by atoms with Crippen LogP contribution in [0.2, 0.25) is 0 Å². The highest BCUT2D eigenvalue weighted by atomic mass is 16.3. The monoisotopic (exact) mass is 173 g/mol. The molecule has 0 amide bonds. The summed E-state index contributed by atoms with van der Waals surface area (Å²) in [4.78, 5) is 2.15. The van der Waals surface area contributed by atoms with Crippen molar-refractivity contribution < 1.29 is 10.2 Å². The highest BCUT2D eigenvalue weighted by Crippen LogP contribution is 2.21. The van der Waals surface area contributed by atoms with Gasteiger partial charge in [-0.1, -0.05) is 0 Å². The average molecular weight is 173 g/mol. The van der Waals surface area contributed by atoms with Crippen molar-refractivity contribution in [1.29, 1.82) is 0 Å². The van der Waals surface area contributed by atoms with Gasteiger partial charge in [-0.3, -0.25) is 4.90 Å². The molecule has 0 spiro atoms. The molecule has 1 saturated heterocycles. The van der Waals surface area contributed by atoms with Gasteiger partial charge in [0, 0.05) is 19.6 Å². The van der Waals surface area contributed by atoms with Gasteiger partial charge < -0.3 is 10.2 Å². The summed E-state index contributed by atoms with van der Waals surface area (Å²) in [6, 6.07) is 0. The van der Waals surface area contributed by atoms with Crippen LogP contribution in [0.1, 0.15) is 27.2 Å². The number of β-amino-alcohol motifs (C(OH)–C–C–N with tert-alkyl or cyclic N) is 1. The van der Waals surface area contributed by atoms with Crippen LogP contribution in [0, 0.1) is 0 Å². The fraction of sp³-hybridized carbons (Fsp3) is 1.00. The summed E-state index contributed by atoms with van der Waals surface area (Å²) >= 11 is 0. The normalized spacial score (nSPS) is 23.8. The van der Waals surface area contributed by atoms with Crippen molar-refractivity contribution >= 4 is 0 Å². The Morgan fingerprint density at radius 3 is 2.25 bits per heavy atom. The van der Waals surface area contributed by atoms with Gasteiger partial charge >= 0.3 is 0 Å². The van der Waals surface area contributed by atoms with Crippen molar-refractivity contribution in [1.82, 2.24) is 4.90 Å². The van der Waals surface area contributed by atoms with Crippen molar-refractivity contribution in [3.05, 3.63) is 0 Å². The summed E-state index contributed by atoms with van der Waals surface area (Å²) in [6.45, 7) is 7.81. The fourth-order valence-electron chi connectivity index (χ4n) is 1.51. The van der Waals surface area contributed by atoms with E-state index in [4.69, 9.17) is 0 Å². The molecule has 0 aromatic carbocycles. The molecule has 0 aromatic rings. The molecule has 0 bridgehead atoms. The van der Waals surface area contributed by atoms with Crippen molar-refractivity contribution in [3.8, 4) is 0 Å². The third-order valence-corrected chi connectivity index (χ3v) is 2.17. The number of aliphatic hydroxyl groups is 2. The molecule has 0 unspecified atom stereocenters. The molecule has 0 radical (unpaired) electrons. The zero-order valence-electron chi connectivity index (χ0n) is 8.17. The van der Waals surface area contributed by atoms with Gasteiger partial charge in [0.1, 0.15) is 0 Å². The lowest BCUT2D eigenvalue weighted by Crippen LogP contribution is -2.60. The number of rotatable bonds is 3. The molecule has 1 aliphatic heterocycles. The first-order chi connectivity index (χ1) is 5.29. The van der Waals surface area contributed by atoms with Crippen LogP contribution < -0.4 is 0 Å². The first kappa shape index (κ1) is 9.96. The molecule has 3 heteroatoms. The molecule has 72 valence electrons. The predicted molar refractivity (Wildman–Crippen MR) is 48.0 cm³/mol. The zero-order valence-corrected chi connectivity index (χ0v) is 8.17. The summed E-state index contributed by atoms with van der Waals surface area (Å²) in [7, 11) is 0. The second-order valence-corrected chi connectivity index (χ2v) is 4.77. The standard InChI is InChI=1S/C9H19NO2/c1-8(2,11)4-5-10-6-9(3,12)7-10/h11-12H,4-7H2,1-3H3. The Bertz CT molecular complexity index is 152. The molecular formula is C9H19NO2. The van der Waals surface area contributed by atoms with Crippen molar-refractivity contribution in [2.24, 2.45) is 0 Å². The van der Waals surface area contributed by atoms with Crippen molar-refractivity contribution in [2.75, 3.05) is 19.6 Å². The molecular weight excluding hydrogens is 154 g/mol. The summed E-state index contributed by atoms with van der Waals surface area (Å²) in [5.41, 5.74) is -1.07. The molecule has 12 heavy (non-hydrogen) atoms. The molecule has 1 fully saturated rings. The summed E-state index contributed by atoms with van der Waals surface area (Å²) in [5, 5.41) is 18.8. The molecule has 0 saturated carbocycles. The Labute approximate surface area is 74.0 Å². The smallest absolute Gasteiger partial charge is 0.0872 e. The van der Waals surface area contributed by atoms with Crippen LogP contribution in [-0.4, -0.2) is 45.9 Å². The molecule has 0 atom stereocenters. The van der Waals surface area contributed by atoms with E-state index in [1.54, 1.807) is 0 Å². The van der Waals surface area contributed by atoms with E-state index in [9.17, 15) is 10.2 Å². The van der Waals surface area contributed by atoms with Crippen LogP contribution in [0.5, 0.6) is 0 Å². The van der Waals surface area contributed by atoms with Gasteiger partial charge in [-0.05, 0) is 27.2 Å². The van der Waals surface area contributed by atoms with E-state index in [-0.39, 0.29) is 0 Å². The Balaban J connectivity index is 2.12. The average Bonchev–Trinajstić information content (AvgIpc) is 1.76. The first-order valence-electron chi connectivity index (χ1n) is 4.46. The highest BCUT2D eigenvalue weighted by molar-refractivity contribution is 4.91. The molecule has 1 rings (SSSR count). The van der Waals surface area contributed by atoms with E-state index in [1.807, 2.05) is 20.8 Å². The number of likely N-dealkylation sites (tertiary alicyclic amines) is 1. The van der Waals surface area contributed by atoms with Gasteiger partial charge in [0.2, 0.25) is 0 Å². The number of hydrogen-bond acceptors (Lipinski definition) is 3. The number of hydrogen-bond donors (Lipinski definition) is 2. The maximum atomic E-state index is 9.43. The highest BCUT2D eigenvalue weighted by Gasteiger charge is 2.36. The maximum absolute atomic E-state index is 9.43. The van der Waals surface area contributed by atoms with E-state index >= 15 is 0 Å². The van der Waals surface area contributed by atoms with Crippen LogP contribution in [0.3, 0.4) is 0 Å². The minimum Gasteiger partial charge on any atom is -0.390 e. The van der Waals surface area contributed by atoms with Gasteiger partial charge in [0.05, 0.1) is 11.2 Å². The lowest BCUT2D eigenvalue weighted by atomic mass is 9.95. The van der Waals surface area contributed by atoms with Gasteiger partial charge in [0.15, 0.2) is 0 Å². The van der Waals surface area contributed by atoms with Crippen molar-refractivity contribution in [3.63, 3.8) is 0 Å².